The Kier molecular flexibility index (Phi) is 3.83. The summed E-state index contributed by atoms with van der Waals surface area (Å²) in [6.45, 7) is 0. The molecule has 0 unspecified atom stereocenters. The predicted octanol–water partition coefficient (Wildman–Crippen LogP) is 6.17. The van der Waals surface area contributed by atoms with Gasteiger partial charge in [0.15, 0.2) is 0 Å². The van der Waals surface area contributed by atoms with E-state index in [1.54, 1.807) is 0 Å². The molecule has 110 valence electrons. The lowest BCUT2D eigenvalue weighted by atomic mass is 9.94. The molecule has 0 amide bonds. The number of hydrogen-bond acceptors (Lipinski definition) is 1. The van der Waals surface area contributed by atoms with Crippen molar-refractivity contribution < 1.29 is 0 Å². The van der Waals surface area contributed by atoms with Crippen LogP contribution < -0.4 is 0 Å². The van der Waals surface area contributed by atoms with Crippen molar-refractivity contribution in [2.75, 3.05) is 0 Å². The lowest BCUT2D eigenvalue weighted by Gasteiger charge is -2.11. The monoisotopic (exact) mass is 407 g/mol. The first kappa shape index (κ1) is 14.4. The zero-order valence-electron chi connectivity index (χ0n) is 12.4. The number of halogens is 1. The predicted molar refractivity (Wildman–Crippen MR) is 105 cm³/mol. The second-order valence-corrected chi connectivity index (χ2v) is 6.67. The summed E-state index contributed by atoms with van der Waals surface area (Å²) in [5, 5.41) is 2.50. The molecular weight excluding hydrogens is 393 g/mol. The van der Waals surface area contributed by atoms with Crippen LogP contribution in [0.2, 0.25) is 0 Å². The molecule has 23 heavy (non-hydrogen) atoms. The number of aromatic nitrogens is 1. The molecule has 0 radical (unpaired) electrons. The highest BCUT2D eigenvalue weighted by atomic mass is 127. The van der Waals surface area contributed by atoms with Gasteiger partial charge in [-0.25, -0.2) is 0 Å². The van der Waals surface area contributed by atoms with Crippen LogP contribution in [0.15, 0.2) is 85.1 Å². The summed E-state index contributed by atoms with van der Waals surface area (Å²) in [5.74, 6) is 0. The van der Waals surface area contributed by atoms with E-state index < -0.39 is 0 Å². The second kappa shape index (κ2) is 6.13. The number of nitrogens with zero attached hydrogens (tertiary/aromatic N) is 1. The average molecular weight is 407 g/mol. The minimum Gasteiger partial charge on any atom is -0.256 e. The van der Waals surface area contributed by atoms with Gasteiger partial charge in [0.1, 0.15) is 0 Å². The first-order chi connectivity index (χ1) is 11.3. The average Bonchev–Trinajstić information content (AvgIpc) is 2.62. The van der Waals surface area contributed by atoms with Crippen molar-refractivity contribution in [2.45, 2.75) is 0 Å². The second-order valence-electron chi connectivity index (χ2n) is 5.43. The van der Waals surface area contributed by atoms with Gasteiger partial charge in [0.25, 0.3) is 0 Å². The quantitative estimate of drug-likeness (QED) is 0.362. The molecule has 2 heteroatoms. The molecule has 1 aromatic heterocycles. The van der Waals surface area contributed by atoms with E-state index in [4.69, 9.17) is 0 Å². The van der Waals surface area contributed by atoms with Crippen LogP contribution >= 0.6 is 22.6 Å². The fraction of sp³-hybridized carbons (Fsp3) is 0. The van der Waals surface area contributed by atoms with E-state index in [0.29, 0.717) is 0 Å². The molecule has 0 bridgehead atoms. The van der Waals surface area contributed by atoms with Crippen LogP contribution in [0.1, 0.15) is 0 Å². The Hall–Kier alpha value is -2.20. The summed E-state index contributed by atoms with van der Waals surface area (Å²) in [4.78, 5) is 4.51. The molecule has 0 spiro atoms. The highest BCUT2D eigenvalue weighted by Gasteiger charge is 2.09. The highest BCUT2D eigenvalue weighted by molar-refractivity contribution is 14.1. The van der Waals surface area contributed by atoms with E-state index in [1.165, 1.54) is 31.0 Å². The number of rotatable bonds is 2. The maximum absolute atomic E-state index is 4.51. The molecule has 0 fully saturated rings. The van der Waals surface area contributed by atoms with E-state index in [0.717, 1.165) is 5.69 Å². The molecule has 0 aliphatic rings. The van der Waals surface area contributed by atoms with Crippen molar-refractivity contribution in [3.63, 3.8) is 0 Å². The van der Waals surface area contributed by atoms with Gasteiger partial charge in [0.05, 0.1) is 5.69 Å². The molecule has 3 aromatic carbocycles. The third kappa shape index (κ3) is 2.75. The Labute approximate surface area is 149 Å². The molecule has 1 heterocycles. The summed E-state index contributed by atoms with van der Waals surface area (Å²) in [5.41, 5.74) is 4.69. The smallest absolute Gasteiger partial charge is 0.0708 e. The Morgan fingerprint density at radius 2 is 1.26 bits per heavy atom. The number of hydrogen-bond donors (Lipinski definition) is 0. The number of pyridine rings is 1. The Morgan fingerprint density at radius 1 is 0.609 bits per heavy atom. The molecule has 0 N–H and O–H groups in total. The Bertz CT molecular complexity index is 960. The summed E-state index contributed by atoms with van der Waals surface area (Å²) < 4.78 is 1.25. The summed E-state index contributed by atoms with van der Waals surface area (Å²) >= 11 is 2.34. The zero-order chi connectivity index (χ0) is 15.6. The molecule has 0 saturated heterocycles. The number of fused-ring (bicyclic) bond motifs is 1. The van der Waals surface area contributed by atoms with Crippen LogP contribution in [0.5, 0.6) is 0 Å². The Morgan fingerprint density at radius 3 is 1.96 bits per heavy atom. The van der Waals surface area contributed by atoms with Gasteiger partial charge in [-0.05, 0) is 68.8 Å². The molecule has 0 aliphatic carbocycles. The minimum absolute atomic E-state index is 1.01. The molecule has 4 rings (SSSR count). The molecule has 1 nitrogen and oxygen atoms in total. The number of benzene rings is 3. The molecule has 0 saturated carbocycles. The van der Waals surface area contributed by atoms with Gasteiger partial charge < -0.3 is 0 Å². The van der Waals surface area contributed by atoms with Crippen LogP contribution in [-0.4, -0.2) is 4.98 Å². The van der Waals surface area contributed by atoms with Gasteiger partial charge in [0.2, 0.25) is 0 Å². The first-order valence-electron chi connectivity index (χ1n) is 7.52. The lowest BCUT2D eigenvalue weighted by Crippen LogP contribution is -1.87. The van der Waals surface area contributed by atoms with Gasteiger partial charge in [-0.2, -0.15) is 0 Å². The molecule has 4 aromatic rings. The van der Waals surface area contributed by atoms with E-state index in [2.05, 4.69) is 94.3 Å². The molecule has 0 aliphatic heterocycles. The standard InChI is InChI=1S/C21H14IN/c22-16-10-8-15(9-11-16)17-12-13-20(21-7-3-4-14-23-21)19-6-2-1-5-18(17)19/h1-14H. The first-order valence-corrected chi connectivity index (χ1v) is 8.60. The van der Waals surface area contributed by atoms with Crippen molar-refractivity contribution in [1.29, 1.82) is 0 Å². The van der Waals surface area contributed by atoms with E-state index in [9.17, 15) is 0 Å². The van der Waals surface area contributed by atoms with E-state index in [1.807, 2.05) is 18.3 Å². The third-order valence-corrected chi connectivity index (χ3v) is 4.74. The van der Waals surface area contributed by atoms with Crippen molar-refractivity contribution in [1.82, 2.24) is 4.98 Å². The normalized spacial score (nSPS) is 10.8. The summed E-state index contributed by atoms with van der Waals surface area (Å²) in [6, 6.07) is 27.6. The van der Waals surface area contributed by atoms with Gasteiger partial charge >= 0.3 is 0 Å². The third-order valence-electron chi connectivity index (χ3n) is 4.02. The largest absolute Gasteiger partial charge is 0.256 e. The fourth-order valence-corrected chi connectivity index (χ4v) is 3.29. The van der Waals surface area contributed by atoms with Crippen molar-refractivity contribution in [3.05, 3.63) is 88.6 Å². The minimum atomic E-state index is 1.01. The zero-order valence-corrected chi connectivity index (χ0v) is 14.6. The Balaban J connectivity index is 1.97. The van der Waals surface area contributed by atoms with E-state index in [-0.39, 0.29) is 0 Å². The van der Waals surface area contributed by atoms with Crippen LogP contribution in [0.3, 0.4) is 0 Å². The maximum Gasteiger partial charge on any atom is 0.0708 e. The van der Waals surface area contributed by atoms with Crippen molar-refractivity contribution in [3.8, 4) is 22.4 Å². The summed E-state index contributed by atoms with van der Waals surface area (Å²) in [7, 11) is 0. The fourth-order valence-electron chi connectivity index (χ4n) is 2.93. The SMILES string of the molecule is Ic1ccc(-c2ccc(-c3ccccn3)c3ccccc23)cc1. The maximum atomic E-state index is 4.51. The van der Waals surface area contributed by atoms with Crippen LogP contribution in [0.25, 0.3) is 33.2 Å². The van der Waals surface area contributed by atoms with Gasteiger partial charge in [-0.3, -0.25) is 4.98 Å². The van der Waals surface area contributed by atoms with Gasteiger partial charge in [-0.15, -0.1) is 0 Å². The summed E-state index contributed by atoms with van der Waals surface area (Å²) in [6.07, 6.45) is 1.84. The van der Waals surface area contributed by atoms with E-state index >= 15 is 0 Å². The molecule has 0 atom stereocenters. The van der Waals surface area contributed by atoms with Gasteiger partial charge in [-0.1, -0.05) is 54.6 Å². The van der Waals surface area contributed by atoms with Crippen molar-refractivity contribution >= 4 is 33.4 Å². The topological polar surface area (TPSA) is 12.9 Å². The van der Waals surface area contributed by atoms with Crippen LogP contribution in [0.4, 0.5) is 0 Å². The van der Waals surface area contributed by atoms with Crippen LogP contribution in [0, 0.1) is 3.57 Å². The van der Waals surface area contributed by atoms with Crippen molar-refractivity contribution in [2.24, 2.45) is 0 Å². The lowest BCUT2D eigenvalue weighted by molar-refractivity contribution is 1.33. The highest BCUT2D eigenvalue weighted by Crippen LogP contribution is 2.34. The molecular formula is C21H14IN. The van der Waals surface area contributed by atoms with Crippen LogP contribution in [-0.2, 0) is 0 Å². The van der Waals surface area contributed by atoms with Gasteiger partial charge in [0, 0.05) is 15.3 Å².